The van der Waals surface area contributed by atoms with Gasteiger partial charge in [0.05, 0.1) is 17.7 Å². The molecule has 0 saturated carbocycles. The minimum Gasteiger partial charge on any atom is -0.506 e. The number of likely N-dealkylation sites (N-methyl/N-ethyl adjacent to an activating group) is 1. The third-order valence-electron chi connectivity index (χ3n) is 4.10. The lowest BCUT2D eigenvalue weighted by atomic mass is 10.0. The highest BCUT2D eigenvalue weighted by molar-refractivity contribution is 6.03. The number of nitrogens with one attached hydrogen (secondary N) is 1. The second-order valence-electron chi connectivity index (χ2n) is 5.39. The van der Waals surface area contributed by atoms with E-state index < -0.39 is 6.10 Å². The summed E-state index contributed by atoms with van der Waals surface area (Å²) in [6.07, 6.45) is -0.582. The fourth-order valence-corrected chi connectivity index (χ4v) is 2.81. The first kappa shape index (κ1) is 13.9. The van der Waals surface area contributed by atoms with Crippen LogP contribution in [0.4, 0.5) is 0 Å². The summed E-state index contributed by atoms with van der Waals surface area (Å²) >= 11 is 0. The Morgan fingerprint density at radius 3 is 2.71 bits per heavy atom. The van der Waals surface area contributed by atoms with Crippen LogP contribution in [-0.2, 0) is 0 Å². The highest BCUT2D eigenvalue weighted by Gasteiger charge is 2.32. The number of carbonyl (C=O) groups is 1. The van der Waals surface area contributed by atoms with Crippen LogP contribution in [0.15, 0.2) is 36.4 Å². The summed E-state index contributed by atoms with van der Waals surface area (Å²) in [5, 5.41) is 24.8. The molecule has 21 heavy (non-hydrogen) atoms. The van der Waals surface area contributed by atoms with Crippen molar-refractivity contribution in [3.05, 3.63) is 42.0 Å². The number of aliphatic hydroxyl groups is 1. The molecule has 1 aliphatic rings. The van der Waals surface area contributed by atoms with Gasteiger partial charge >= 0.3 is 0 Å². The molecule has 5 heteroatoms. The molecule has 3 N–H and O–H groups in total. The molecule has 2 atom stereocenters. The number of β-amino-alcohol motifs (C(OH)–C–C–N with tert-alkyl or cyclic N) is 1. The Morgan fingerprint density at radius 1 is 1.24 bits per heavy atom. The Balaban J connectivity index is 1.96. The molecule has 1 amide bonds. The van der Waals surface area contributed by atoms with E-state index in [1.165, 1.54) is 4.90 Å². The zero-order chi connectivity index (χ0) is 15.0. The number of hydrogen-bond donors (Lipinski definition) is 3. The summed E-state index contributed by atoms with van der Waals surface area (Å²) in [5.74, 6) is -0.295. The maximum absolute atomic E-state index is 12.6. The first-order valence-electron chi connectivity index (χ1n) is 6.96. The van der Waals surface area contributed by atoms with Crippen molar-refractivity contribution in [1.82, 2.24) is 10.2 Å². The number of phenolic OH excluding ortho intramolecular Hbond substituents is 1. The zero-order valence-corrected chi connectivity index (χ0v) is 11.8. The predicted molar refractivity (Wildman–Crippen MR) is 80.4 cm³/mol. The predicted octanol–water partition coefficient (Wildman–Crippen LogP) is 0.950. The minimum absolute atomic E-state index is 0.00889. The summed E-state index contributed by atoms with van der Waals surface area (Å²) in [4.78, 5) is 14.1. The van der Waals surface area contributed by atoms with E-state index in [9.17, 15) is 15.0 Å². The number of nitrogens with zero attached hydrogens (tertiary/aromatic N) is 1. The van der Waals surface area contributed by atoms with Gasteiger partial charge in [0, 0.05) is 25.5 Å². The monoisotopic (exact) mass is 286 g/mol. The van der Waals surface area contributed by atoms with Crippen molar-refractivity contribution in [2.45, 2.75) is 12.1 Å². The Kier molecular flexibility index (Phi) is 3.53. The van der Waals surface area contributed by atoms with Gasteiger partial charge in [-0.2, -0.15) is 0 Å². The SMILES string of the molecule is CN(C(=O)c1ccc2ccccc2c1O)[C@H]1CNC[C@@H]1O. The molecule has 110 valence electrons. The fraction of sp³-hybridized carbons (Fsp3) is 0.312. The minimum atomic E-state index is -0.582. The maximum atomic E-state index is 12.6. The van der Waals surface area contributed by atoms with Gasteiger partial charge in [-0.15, -0.1) is 0 Å². The van der Waals surface area contributed by atoms with E-state index in [0.29, 0.717) is 18.5 Å². The fourth-order valence-electron chi connectivity index (χ4n) is 2.81. The zero-order valence-electron chi connectivity index (χ0n) is 11.8. The molecule has 3 rings (SSSR count). The number of amides is 1. The smallest absolute Gasteiger partial charge is 0.257 e. The van der Waals surface area contributed by atoms with E-state index in [-0.39, 0.29) is 23.3 Å². The number of hydrogen-bond acceptors (Lipinski definition) is 4. The Hall–Kier alpha value is -2.11. The molecule has 0 unspecified atom stereocenters. The molecular formula is C16H18N2O3. The van der Waals surface area contributed by atoms with Crippen molar-refractivity contribution < 1.29 is 15.0 Å². The third-order valence-corrected chi connectivity index (χ3v) is 4.10. The summed E-state index contributed by atoms with van der Waals surface area (Å²) in [5.41, 5.74) is 0.260. The van der Waals surface area contributed by atoms with Crippen molar-refractivity contribution in [1.29, 1.82) is 0 Å². The quantitative estimate of drug-likeness (QED) is 0.768. The summed E-state index contributed by atoms with van der Waals surface area (Å²) in [7, 11) is 1.65. The summed E-state index contributed by atoms with van der Waals surface area (Å²) in [6.45, 7) is 1.03. The van der Waals surface area contributed by atoms with Gasteiger partial charge in [0.15, 0.2) is 0 Å². The van der Waals surface area contributed by atoms with Crippen molar-refractivity contribution in [2.75, 3.05) is 20.1 Å². The number of phenols is 1. The average molecular weight is 286 g/mol. The first-order valence-corrected chi connectivity index (χ1v) is 6.96. The van der Waals surface area contributed by atoms with Crippen molar-refractivity contribution in [2.24, 2.45) is 0 Å². The van der Waals surface area contributed by atoms with Crippen LogP contribution >= 0.6 is 0 Å². The van der Waals surface area contributed by atoms with Crippen molar-refractivity contribution in [3.8, 4) is 5.75 Å². The molecule has 2 aromatic carbocycles. The van der Waals surface area contributed by atoms with Gasteiger partial charge in [0.25, 0.3) is 5.91 Å². The van der Waals surface area contributed by atoms with E-state index in [2.05, 4.69) is 5.32 Å². The van der Waals surface area contributed by atoms with Crippen LogP contribution in [0, 0.1) is 0 Å². The average Bonchev–Trinajstić information content (AvgIpc) is 2.92. The van der Waals surface area contributed by atoms with Gasteiger partial charge in [-0.05, 0) is 11.5 Å². The highest BCUT2D eigenvalue weighted by atomic mass is 16.3. The molecule has 5 nitrogen and oxygen atoms in total. The summed E-state index contributed by atoms with van der Waals surface area (Å²) in [6, 6.07) is 10.6. The largest absolute Gasteiger partial charge is 0.506 e. The van der Waals surface area contributed by atoms with Crippen LogP contribution in [0.25, 0.3) is 10.8 Å². The number of benzene rings is 2. The first-order chi connectivity index (χ1) is 10.1. The molecule has 1 fully saturated rings. The topological polar surface area (TPSA) is 72.8 Å². The van der Waals surface area contributed by atoms with E-state index in [0.717, 1.165) is 5.39 Å². The van der Waals surface area contributed by atoms with Gasteiger partial charge in [-0.3, -0.25) is 4.79 Å². The number of carbonyl (C=O) groups excluding carboxylic acids is 1. The number of aliphatic hydroxyl groups excluding tert-OH is 1. The molecule has 0 aliphatic carbocycles. The highest BCUT2D eigenvalue weighted by Crippen LogP contribution is 2.29. The van der Waals surface area contributed by atoms with Crippen LogP contribution in [0.2, 0.25) is 0 Å². The van der Waals surface area contributed by atoms with E-state index >= 15 is 0 Å². The molecule has 0 bridgehead atoms. The molecular weight excluding hydrogens is 268 g/mol. The van der Waals surface area contributed by atoms with E-state index in [1.807, 2.05) is 24.3 Å². The lowest BCUT2D eigenvalue weighted by Gasteiger charge is -2.26. The van der Waals surface area contributed by atoms with Crippen LogP contribution in [-0.4, -0.2) is 53.3 Å². The maximum Gasteiger partial charge on any atom is 0.257 e. The van der Waals surface area contributed by atoms with Gasteiger partial charge in [-0.25, -0.2) is 0 Å². The van der Waals surface area contributed by atoms with Crippen LogP contribution < -0.4 is 5.32 Å². The van der Waals surface area contributed by atoms with Crippen LogP contribution in [0.3, 0.4) is 0 Å². The number of aromatic hydroxyl groups is 1. The molecule has 1 saturated heterocycles. The Morgan fingerprint density at radius 2 is 2.00 bits per heavy atom. The molecule has 0 aromatic heterocycles. The lowest BCUT2D eigenvalue weighted by Crippen LogP contribution is -2.44. The standard InChI is InChI=1S/C16H18N2O3/c1-18(13-8-17-9-14(13)19)16(21)12-7-6-10-4-2-3-5-11(10)15(12)20/h2-7,13-14,17,19-20H,8-9H2,1H3/t13-,14-/m0/s1. The van der Waals surface area contributed by atoms with Crippen LogP contribution in [0.5, 0.6) is 5.75 Å². The summed E-state index contributed by atoms with van der Waals surface area (Å²) < 4.78 is 0. The lowest BCUT2D eigenvalue weighted by molar-refractivity contribution is 0.0578. The Labute approximate surface area is 122 Å². The second kappa shape index (κ2) is 5.35. The number of rotatable bonds is 2. The number of fused-ring (bicyclic) bond motifs is 1. The molecule has 2 aromatic rings. The van der Waals surface area contributed by atoms with Crippen LogP contribution in [0.1, 0.15) is 10.4 Å². The van der Waals surface area contributed by atoms with Gasteiger partial charge < -0.3 is 20.4 Å². The van der Waals surface area contributed by atoms with E-state index in [1.54, 1.807) is 19.2 Å². The third kappa shape index (κ3) is 2.34. The molecule has 0 spiro atoms. The van der Waals surface area contributed by atoms with Crippen molar-refractivity contribution >= 4 is 16.7 Å². The molecule has 1 aliphatic heterocycles. The normalized spacial score (nSPS) is 21.6. The Bertz CT molecular complexity index is 686. The van der Waals surface area contributed by atoms with Gasteiger partial charge in [0.1, 0.15) is 5.75 Å². The van der Waals surface area contributed by atoms with Gasteiger partial charge in [0.2, 0.25) is 0 Å². The van der Waals surface area contributed by atoms with E-state index in [4.69, 9.17) is 0 Å². The second-order valence-corrected chi connectivity index (χ2v) is 5.39. The molecule has 1 heterocycles. The van der Waals surface area contributed by atoms with Gasteiger partial charge in [-0.1, -0.05) is 30.3 Å². The molecule has 0 radical (unpaired) electrons. The van der Waals surface area contributed by atoms with Crippen molar-refractivity contribution in [3.63, 3.8) is 0 Å².